The second-order valence-electron chi connectivity index (χ2n) is 7.96. The molecule has 2 aliphatic heterocycles. The Labute approximate surface area is 179 Å². The van der Waals surface area contributed by atoms with E-state index in [0.29, 0.717) is 12.0 Å². The summed E-state index contributed by atoms with van der Waals surface area (Å²) in [7, 11) is -3.66. The summed E-state index contributed by atoms with van der Waals surface area (Å²) < 4.78 is 26.1. The molecule has 0 bridgehead atoms. The minimum atomic E-state index is -3.66. The lowest BCUT2D eigenvalue weighted by atomic mass is 10.1. The van der Waals surface area contributed by atoms with E-state index in [1.54, 1.807) is 18.2 Å². The van der Waals surface area contributed by atoms with Crippen LogP contribution in [0.5, 0.6) is 0 Å². The molecular formula is C23H29N3O3S. The summed E-state index contributed by atoms with van der Waals surface area (Å²) in [4.78, 5) is 17.5. The summed E-state index contributed by atoms with van der Waals surface area (Å²) in [6, 6.07) is 17.0. The van der Waals surface area contributed by atoms with Crippen LogP contribution in [0.25, 0.3) is 0 Å². The highest BCUT2D eigenvalue weighted by atomic mass is 32.2. The molecule has 0 saturated carbocycles. The third-order valence-corrected chi connectivity index (χ3v) is 7.83. The lowest BCUT2D eigenvalue weighted by molar-refractivity contribution is 0.0869. The molecule has 0 aromatic heterocycles. The van der Waals surface area contributed by atoms with E-state index in [2.05, 4.69) is 34.1 Å². The zero-order valence-electron chi connectivity index (χ0n) is 17.2. The normalized spacial score (nSPS) is 18.6. The molecule has 0 N–H and O–H groups in total. The smallest absolute Gasteiger partial charge is 0.269 e. The fourth-order valence-electron chi connectivity index (χ4n) is 4.27. The monoisotopic (exact) mass is 427 g/mol. The van der Waals surface area contributed by atoms with Gasteiger partial charge in [0.15, 0.2) is 0 Å². The minimum Gasteiger partial charge on any atom is -0.369 e. The molecule has 6 nitrogen and oxygen atoms in total. The van der Waals surface area contributed by atoms with Gasteiger partial charge < -0.3 is 4.90 Å². The summed E-state index contributed by atoms with van der Waals surface area (Å²) in [5, 5.41) is 0. The minimum absolute atomic E-state index is 0.143. The molecule has 0 radical (unpaired) electrons. The molecule has 1 fully saturated rings. The van der Waals surface area contributed by atoms with E-state index in [4.69, 9.17) is 0 Å². The van der Waals surface area contributed by atoms with Crippen LogP contribution in [0.2, 0.25) is 0 Å². The first-order valence-electron chi connectivity index (χ1n) is 10.8. The first-order valence-corrected chi connectivity index (χ1v) is 12.2. The number of unbranched alkanes of at least 4 members (excludes halogenated alkanes) is 3. The average Bonchev–Trinajstić information content (AvgIpc) is 2.97. The van der Waals surface area contributed by atoms with Gasteiger partial charge in [0.2, 0.25) is 0 Å². The van der Waals surface area contributed by atoms with Crippen molar-refractivity contribution in [3.63, 3.8) is 0 Å². The van der Waals surface area contributed by atoms with Gasteiger partial charge in [-0.1, -0.05) is 43.2 Å². The Morgan fingerprint density at radius 3 is 2.07 bits per heavy atom. The maximum absolute atomic E-state index is 12.5. The zero-order chi connectivity index (χ0) is 21.0. The van der Waals surface area contributed by atoms with Crippen LogP contribution < -0.4 is 4.90 Å². The van der Waals surface area contributed by atoms with Crippen molar-refractivity contribution >= 4 is 21.6 Å². The molecule has 4 rings (SSSR count). The number of anilines is 1. The van der Waals surface area contributed by atoms with E-state index < -0.39 is 10.0 Å². The molecule has 160 valence electrons. The molecule has 0 aliphatic carbocycles. The van der Waals surface area contributed by atoms with Crippen molar-refractivity contribution < 1.29 is 13.2 Å². The van der Waals surface area contributed by atoms with Gasteiger partial charge in [-0.3, -0.25) is 9.69 Å². The van der Waals surface area contributed by atoms with Crippen LogP contribution in [0.1, 0.15) is 36.0 Å². The lowest BCUT2D eigenvalue weighted by Crippen LogP contribution is -2.46. The summed E-state index contributed by atoms with van der Waals surface area (Å²) in [6.45, 7) is 5.61. The molecule has 1 saturated heterocycles. The predicted molar refractivity (Wildman–Crippen MR) is 118 cm³/mol. The van der Waals surface area contributed by atoms with Crippen LogP contribution in [-0.2, 0) is 10.0 Å². The molecule has 2 aliphatic rings. The number of carbonyl (C=O) groups excluding carboxylic acids is 1. The number of para-hydroxylation sites is 1. The van der Waals surface area contributed by atoms with Crippen molar-refractivity contribution in [1.29, 1.82) is 0 Å². The van der Waals surface area contributed by atoms with Crippen molar-refractivity contribution in [2.45, 2.75) is 30.6 Å². The number of fused-ring (bicyclic) bond motifs is 1. The Morgan fingerprint density at radius 1 is 0.733 bits per heavy atom. The molecule has 2 heterocycles. The molecule has 7 heteroatoms. The molecule has 30 heavy (non-hydrogen) atoms. The summed E-state index contributed by atoms with van der Waals surface area (Å²) in [5.74, 6) is -0.387. The molecule has 1 amide bonds. The third-order valence-electron chi connectivity index (χ3n) is 5.99. The van der Waals surface area contributed by atoms with Crippen LogP contribution in [-0.4, -0.2) is 62.8 Å². The van der Waals surface area contributed by atoms with Crippen LogP contribution in [0, 0.1) is 0 Å². The van der Waals surface area contributed by atoms with Crippen molar-refractivity contribution in [2.75, 3.05) is 44.2 Å². The molecule has 0 atom stereocenters. The van der Waals surface area contributed by atoms with Crippen molar-refractivity contribution in [3.8, 4) is 0 Å². The Morgan fingerprint density at radius 2 is 1.37 bits per heavy atom. The van der Waals surface area contributed by atoms with Crippen molar-refractivity contribution in [2.24, 2.45) is 0 Å². The van der Waals surface area contributed by atoms with Crippen LogP contribution in [0.4, 0.5) is 5.69 Å². The van der Waals surface area contributed by atoms with Crippen molar-refractivity contribution in [1.82, 2.24) is 9.21 Å². The topological polar surface area (TPSA) is 60.9 Å². The number of sulfonamides is 1. The fraction of sp³-hybridized carbons (Fsp3) is 0.435. The number of hydrogen-bond donors (Lipinski definition) is 0. The molecule has 2 aromatic carbocycles. The number of nitrogens with zero attached hydrogens (tertiary/aromatic N) is 3. The highest BCUT2D eigenvalue weighted by molar-refractivity contribution is 7.90. The van der Waals surface area contributed by atoms with E-state index >= 15 is 0 Å². The quantitative estimate of drug-likeness (QED) is 0.606. The van der Waals surface area contributed by atoms with Gasteiger partial charge in [-0.05, 0) is 43.7 Å². The van der Waals surface area contributed by atoms with Crippen LogP contribution in [0.3, 0.4) is 0 Å². The van der Waals surface area contributed by atoms with Gasteiger partial charge in [0.25, 0.3) is 15.9 Å². The van der Waals surface area contributed by atoms with Gasteiger partial charge in [-0.2, -0.15) is 0 Å². The second-order valence-corrected chi connectivity index (χ2v) is 9.79. The maximum atomic E-state index is 12.5. The van der Waals surface area contributed by atoms with E-state index in [1.165, 1.54) is 11.8 Å². The molecule has 0 spiro atoms. The molecule has 0 unspecified atom stereocenters. The van der Waals surface area contributed by atoms with Gasteiger partial charge in [-0.25, -0.2) is 12.7 Å². The van der Waals surface area contributed by atoms with Crippen LogP contribution in [0.15, 0.2) is 59.5 Å². The number of amides is 1. The number of carbonyl (C=O) groups is 1. The van der Waals surface area contributed by atoms with E-state index in [-0.39, 0.29) is 17.3 Å². The second kappa shape index (κ2) is 9.18. The van der Waals surface area contributed by atoms with Gasteiger partial charge in [-0.15, -0.1) is 0 Å². The highest BCUT2D eigenvalue weighted by Gasteiger charge is 2.40. The number of hydrogen-bond acceptors (Lipinski definition) is 5. The van der Waals surface area contributed by atoms with E-state index in [1.807, 2.05) is 6.07 Å². The predicted octanol–water partition coefficient (Wildman–Crippen LogP) is 3.21. The van der Waals surface area contributed by atoms with Crippen LogP contribution >= 0.6 is 0 Å². The summed E-state index contributed by atoms with van der Waals surface area (Å²) >= 11 is 0. The fourth-order valence-corrected chi connectivity index (χ4v) is 5.87. The van der Waals surface area contributed by atoms with Gasteiger partial charge >= 0.3 is 0 Å². The van der Waals surface area contributed by atoms with Gasteiger partial charge in [0.05, 0.1) is 5.56 Å². The zero-order valence-corrected chi connectivity index (χ0v) is 18.1. The Bertz CT molecular complexity index is 970. The average molecular weight is 428 g/mol. The van der Waals surface area contributed by atoms with Gasteiger partial charge in [0.1, 0.15) is 4.90 Å². The Hall–Kier alpha value is -2.38. The van der Waals surface area contributed by atoms with Gasteiger partial charge in [0, 0.05) is 38.4 Å². The first-order chi connectivity index (χ1) is 14.6. The molecule has 2 aromatic rings. The number of piperazine rings is 1. The molecular weight excluding hydrogens is 398 g/mol. The Kier molecular flexibility index (Phi) is 6.39. The first kappa shape index (κ1) is 20.9. The van der Waals surface area contributed by atoms with E-state index in [0.717, 1.165) is 56.3 Å². The standard InChI is InChI=1S/C23H29N3O3S/c27-23-21-12-6-7-13-22(21)30(28,29)26(23)15-9-2-1-8-14-24-16-18-25(19-17-24)20-10-4-3-5-11-20/h3-7,10-13H,1-2,8-9,14-19H2. The summed E-state index contributed by atoms with van der Waals surface area (Å²) in [6.07, 6.45) is 3.79. The Balaban J connectivity index is 1.14. The SMILES string of the molecule is O=C1c2ccccc2S(=O)(=O)N1CCCCCCN1CCN(c2ccccc2)CC1. The maximum Gasteiger partial charge on any atom is 0.269 e. The highest BCUT2D eigenvalue weighted by Crippen LogP contribution is 2.30. The third kappa shape index (κ3) is 4.37. The van der Waals surface area contributed by atoms with Crippen molar-refractivity contribution in [3.05, 3.63) is 60.2 Å². The summed E-state index contributed by atoms with van der Waals surface area (Å²) in [5.41, 5.74) is 1.60. The number of benzene rings is 2. The largest absolute Gasteiger partial charge is 0.369 e. The number of rotatable bonds is 8. The lowest BCUT2D eigenvalue weighted by Gasteiger charge is -2.36. The van der Waals surface area contributed by atoms with E-state index in [9.17, 15) is 13.2 Å².